The molecule has 0 bridgehead atoms. The number of ketones is 1. The number of hydrogen-bond donors (Lipinski definition) is 1. The van der Waals surface area contributed by atoms with Crippen LogP contribution in [0.2, 0.25) is 0 Å². The number of ether oxygens (including phenoxy) is 1. The first-order chi connectivity index (χ1) is 13.1. The van der Waals surface area contributed by atoms with Crippen LogP contribution in [0, 0.1) is 5.92 Å². The molecule has 1 fully saturated rings. The number of nitrogens with one attached hydrogen (secondary N) is 1. The first-order valence-electron chi connectivity index (χ1n) is 9.67. The number of amides is 2. The molecule has 0 aromatic heterocycles. The van der Waals surface area contributed by atoms with E-state index in [4.69, 9.17) is 4.74 Å². The second-order valence-electron chi connectivity index (χ2n) is 8.14. The van der Waals surface area contributed by atoms with Crippen LogP contribution in [0.4, 0.5) is 4.79 Å². The molecule has 1 aromatic carbocycles. The minimum absolute atomic E-state index is 0.0164. The highest BCUT2D eigenvalue weighted by Gasteiger charge is 2.24. The van der Waals surface area contributed by atoms with Gasteiger partial charge in [-0.1, -0.05) is 28.1 Å². The molecular weight excluding hydrogens is 424 g/mol. The molecule has 2 amide bonds. The minimum atomic E-state index is -0.506. The number of Topliss-reactive ketones (excluding diaryl/α,β-unsaturated/α-hetero) is 1. The first kappa shape index (κ1) is 22.4. The lowest BCUT2D eigenvalue weighted by molar-refractivity contribution is -0.132. The number of carbonyl (C=O) groups is 3. The molecule has 154 valence electrons. The number of benzene rings is 1. The van der Waals surface area contributed by atoms with E-state index < -0.39 is 11.7 Å². The Morgan fingerprint density at radius 3 is 2.29 bits per heavy atom. The Labute approximate surface area is 175 Å². The number of alkyl carbamates (subject to hydrolysis) is 1. The lowest BCUT2D eigenvalue weighted by Crippen LogP contribution is -2.42. The predicted octanol–water partition coefficient (Wildman–Crippen LogP) is 4.18. The smallest absolute Gasteiger partial charge is 0.407 e. The van der Waals surface area contributed by atoms with Crippen LogP contribution in [0.25, 0.3) is 0 Å². The van der Waals surface area contributed by atoms with Crippen molar-refractivity contribution in [2.75, 3.05) is 19.6 Å². The fourth-order valence-corrected chi connectivity index (χ4v) is 3.35. The van der Waals surface area contributed by atoms with E-state index >= 15 is 0 Å². The van der Waals surface area contributed by atoms with Crippen molar-refractivity contribution >= 4 is 33.7 Å². The quantitative estimate of drug-likeness (QED) is 0.656. The van der Waals surface area contributed by atoms with E-state index in [1.165, 1.54) is 0 Å². The van der Waals surface area contributed by atoms with Crippen LogP contribution in [0.5, 0.6) is 0 Å². The summed E-state index contributed by atoms with van der Waals surface area (Å²) in [7, 11) is 0. The average molecular weight is 453 g/mol. The van der Waals surface area contributed by atoms with Gasteiger partial charge in [0.2, 0.25) is 5.91 Å². The van der Waals surface area contributed by atoms with Crippen LogP contribution < -0.4 is 5.32 Å². The third-order valence-electron chi connectivity index (χ3n) is 4.63. The SMILES string of the molecule is CC(C)(C)OC(=O)NCC1CCN(C(=O)CCC(=O)c2ccc(Br)cc2)CC1. The molecule has 1 heterocycles. The molecule has 0 saturated carbocycles. The van der Waals surface area contributed by atoms with Crippen molar-refractivity contribution in [1.29, 1.82) is 0 Å². The number of rotatable bonds is 6. The van der Waals surface area contributed by atoms with Crippen molar-refractivity contribution in [3.05, 3.63) is 34.3 Å². The maximum atomic E-state index is 12.4. The summed E-state index contributed by atoms with van der Waals surface area (Å²) >= 11 is 3.34. The Hall–Kier alpha value is -1.89. The fraction of sp³-hybridized carbons (Fsp3) is 0.571. The summed E-state index contributed by atoms with van der Waals surface area (Å²) in [5.74, 6) is 0.335. The van der Waals surface area contributed by atoms with Crippen molar-refractivity contribution < 1.29 is 19.1 Å². The van der Waals surface area contributed by atoms with E-state index in [1.54, 1.807) is 12.1 Å². The highest BCUT2D eigenvalue weighted by Crippen LogP contribution is 2.19. The molecule has 0 unspecified atom stereocenters. The third-order valence-corrected chi connectivity index (χ3v) is 5.16. The van der Waals surface area contributed by atoms with Gasteiger partial charge in [-0.3, -0.25) is 9.59 Å². The van der Waals surface area contributed by atoms with Gasteiger partial charge in [-0.15, -0.1) is 0 Å². The molecule has 0 radical (unpaired) electrons. The van der Waals surface area contributed by atoms with Gasteiger partial charge in [-0.25, -0.2) is 4.79 Å². The number of carbonyl (C=O) groups excluding carboxylic acids is 3. The van der Waals surface area contributed by atoms with Gasteiger partial charge >= 0.3 is 6.09 Å². The number of likely N-dealkylation sites (tertiary alicyclic amines) is 1. The first-order valence-corrected chi connectivity index (χ1v) is 10.5. The third kappa shape index (κ3) is 7.62. The van der Waals surface area contributed by atoms with Gasteiger partial charge in [-0.05, 0) is 51.7 Å². The molecular formula is C21H29BrN2O4. The van der Waals surface area contributed by atoms with Crippen molar-refractivity contribution in [2.24, 2.45) is 5.92 Å². The molecule has 1 saturated heterocycles. The molecule has 0 aliphatic carbocycles. The topological polar surface area (TPSA) is 75.7 Å². The summed E-state index contributed by atoms with van der Waals surface area (Å²) < 4.78 is 6.16. The van der Waals surface area contributed by atoms with Gasteiger partial charge in [-0.2, -0.15) is 0 Å². The van der Waals surface area contributed by atoms with Gasteiger partial charge in [0.15, 0.2) is 5.78 Å². The maximum absolute atomic E-state index is 12.4. The van der Waals surface area contributed by atoms with Gasteiger partial charge < -0.3 is 15.0 Å². The molecule has 2 rings (SSSR count). The largest absolute Gasteiger partial charge is 0.444 e. The Morgan fingerprint density at radius 1 is 1.11 bits per heavy atom. The lowest BCUT2D eigenvalue weighted by atomic mass is 9.96. The van der Waals surface area contributed by atoms with E-state index in [0.29, 0.717) is 31.1 Å². The normalized spacial score (nSPS) is 15.2. The highest BCUT2D eigenvalue weighted by molar-refractivity contribution is 9.10. The Bertz CT molecular complexity index is 689. The summed E-state index contributed by atoms with van der Waals surface area (Å²) in [6, 6.07) is 7.18. The number of piperidine rings is 1. The monoisotopic (exact) mass is 452 g/mol. The van der Waals surface area contributed by atoms with E-state index in [-0.39, 0.29) is 24.5 Å². The van der Waals surface area contributed by atoms with E-state index in [9.17, 15) is 14.4 Å². The number of hydrogen-bond acceptors (Lipinski definition) is 4. The van der Waals surface area contributed by atoms with Crippen LogP contribution in [0.15, 0.2) is 28.7 Å². The lowest BCUT2D eigenvalue weighted by Gasteiger charge is -2.32. The van der Waals surface area contributed by atoms with Crippen LogP contribution in [0.3, 0.4) is 0 Å². The zero-order valence-electron chi connectivity index (χ0n) is 16.8. The molecule has 1 aromatic rings. The zero-order chi connectivity index (χ0) is 20.7. The van der Waals surface area contributed by atoms with Crippen molar-refractivity contribution in [3.63, 3.8) is 0 Å². The zero-order valence-corrected chi connectivity index (χ0v) is 18.4. The highest BCUT2D eigenvalue weighted by atomic mass is 79.9. The second kappa shape index (κ2) is 10.0. The average Bonchev–Trinajstić information content (AvgIpc) is 2.64. The predicted molar refractivity (Wildman–Crippen MR) is 111 cm³/mol. The van der Waals surface area contributed by atoms with Crippen molar-refractivity contribution in [1.82, 2.24) is 10.2 Å². The Morgan fingerprint density at radius 2 is 1.71 bits per heavy atom. The molecule has 6 nitrogen and oxygen atoms in total. The molecule has 1 aliphatic heterocycles. The molecule has 7 heteroatoms. The minimum Gasteiger partial charge on any atom is -0.444 e. The summed E-state index contributed by atoms with van der Waals surface area (Å²) in [6.45, 7) is 7.37. The summed E-state index contributed by atoms with van der Waals surface area (Å²) in [5, 5.41) is 2.80. The van der Waals surface area contributed by atoms with Crippen LogP contribution in [-0.2, 0) is 9.53 Å². The van der Waals surface area contributed by atoms with Crippen LogP contribution in [-0.4, -0.2) is 47.9 Å². The van der Waals surface area contributed by atoms with E-state index in [1.807, 2.05) is 37.8 Å². The molecule has 28 heavy (non-hydrogen) atoms. The van der Waals surface area contributed by atoms with E-state index in [2.05, 4.69) is 21.2 Å². The van der Waals surface area contributed by atoms with Crippen molar-refractivity contribution in [3.8, 4) is 0 Å². The molecule has 0 atom stereocenters. The van der Waals surface area contributed by atoms with E-state index in [0.717, 1.165) is 17.3 Å². The van der Waals surface area contributed by atoms with Gasteiger partial charge in [0, 0.05) is 42.5 Å². The molecule has 0 spiro atoms. The Balaban J connectivity index is 1.68. The molecule has 1 N–H and O–H groups in total. The summed E-state index contributed by atoms with van der Waals surface area (Å²) in [5.41, 5.74) is 0.121. The van der Waals surface area contributed by atoms with Gasteiger partial charge in [0.1, 0.15) is 5.60 Å². The summed E-state index contributed by atoms with van der Waals surface area (Å²) in [6.07, 6.45) is 1.72. The standard InChI is InChI=1S/C21H29BrN2O4/c1-21(2,3)28-20(27)23-14-15-10-12-24(13-11-15)19(26)9-8-18(25)16-4-6-17(22)7-5-16/h4-7,15H,8-14H2,1-3H3,(H,23,27). The Kier molecular flexibility index (Phi) is 8.04. The number of nitrogens with zero attached hydrogens (tertiary/aromatic N) is 1. The fourth-order valence-electron chi connectivity index (χ4n) is 3.09. The second-order valence-corrected chi connectivity index (χ2v) is 9.05. The number of halogens is 1. The van der Waals surface area contributed by atoms with Gasteiger partial charge in [0.05, 0.1) is 0 Å². The van der Waals surface area contributed by atoms with Crippen molar-refractivity contribution in [2.45, 2.75) is 52.1 Å². The van der Waals surface area contributed by atoms with Crippen LogP contribution >= 0.6 is 15.9 Å². The van der Waals surface area contributed by atoms with Gasteiger partial charge in [0.25, 0.3) is 0 Å². The van der Waals surface area contributed by atoms with Crippen LogP contribution in [0.1, 0.15) is 56.8 Å². The molecule has 1 aliphatic rings. The maximum Gasteiger partial charge on any atom is 0.407 e. The summed E-state index contributed by atoms with van der Waals surface area (Å²) in [4.78, 5) is 38.1.